The summed E-state index contributed by atoms with van der Waals surface area (Å²) in [6.45, 7) is 6.67. The Balaban J connectivity index is 4.22. The van der Waals surface area contributed by atoms with Gasteiger partial charge < -0.3 is 14.2 Å². The second-order valence-corrected chi connectivity index (χ2v) is 24.1. The fraction of sp³-hybridized carbons (Fsp3) is 0.877. The first-order chi connectivity index (χ1) is 39.0. The largest absolute Gasteiger partial charge is 0.462 e. The van der Waals surface area contributed by atoms with Crippen molar-refractivity contribution in [2.75, 3.05) is 13.2 Å². The Bertz CT molecular complexity index is 1320. The van der Waals surface area contributed by atoms with Crippen LogP contribution >= 0.6 is 0 Å². The van der Waals surface area contributed by atoms with Gasteiger partial charge in [0.15, 0.2) is 6.10 Å². The third-order valence-electron chi connectivity index (χ3n) is 16.1. The zero-order valence-corrected chi connectivity index (χ0v) is 53.4. The van der Waals surface area contributed by atoms with Crippen LogP contribution in [0.3, 0.4) is 0 Å². The van der Waals surface area contributed by atoms with Gasteiger partial charge in [-0.05, 0) is 77.0 Å². The van der Waals surface area contributed by atoms with Gasteiger partial charge in [-0.1, -0.05) is 333 Å². The summed E-state index contributed by atoms with van der Waals surface area (Å²) < 4.78 is 17.0. The molecule has 1 unspecified atom stereocenters. The topological polar surface area (TPSA) is 78.9 Å². The second kappa shape index (κ2) is 68.1. The minimum Gasteiger partial charge on any atom is -0.462 e. The molecule has 0 saturated carbocycles. The highest BCUT2D eigenvalue weighted by Crippen LogP contribution is 2.18. The van der Waals surface area contributed by atoms with E-state index in [-0.39, 0.29) is 31.1 Å². The highest BCUT2D eigenvalue weighted by atomic mass is 16.6. The molecule has 0 aliphatic rings. The molecular formula is C73H136O6. The summed E-state index contributed by atoms with van der Waals surface area (Å²) in [6, 6.07) is 0. The van der Waals surface area contributed by atoms with Gasteiger partial charge in [-0.25, -0.2) is 0 Å². The van der Waals surface area contributed by atoms with E-state index in [9.17, 15) is 14.4 Å². The Labute approximate surface area is 493 Å². The molecule has 0 fully saturated rings. The van der Waals surface area contributed by atoms with Crippen LogP contribution in [0.15, 0.2) is 36.5 Å². The molecule has 79 heavy (non-hydrogen) atoms. The zero-order chi connectivity index (χ0) is 57.1. The molecule has 0 aliphatic heterocycles. The number of carbonyl (C=O) groups excluding carboxylic acids is 3. The Morgan fingerprint density at radius 2 is 0.456 bits per heavy atom. The Morgan fingerprint density at radius 3 is 0.734 bits per heavy atom. The lowest BCUT2D eigenvalue weighted by Crippen LogP contribution is -2.30. The van der Waals surface area contributed by atoms with Crippen molar-refractivity contribution in [3.8, 4) is 0 Å². The summed E-state index contributed by atoms with van der Waals surface area (Å²) in [6.07, 6.45) is 84.6. The molecule has 0 aromatic rings. The monoisotopic (exact) mass is 1110 g/mol. The van der Waals surface area contributed by atoms with Crippen LogP contribution in [0.5, 0.6) is 0 Å². The molecular weight excluding hydrogens is 973 g/mol. The number of ether oxygens (including phenoxy) is 3. The standard InChI is InChI=1S/C73H136O6/c1-4-7-10-13-16-19-22-25-28-31-32-33-34-35-36-37-38-39-40-41-43-45-48-51-54-57-60-63-66-72(75)78-69-70(68-77-71(74)65-62-59-56-53-50-47-44-30-27-24-21-18-15-12-9-6-3)79-73(76)67-64-61-58-55-52-49-46-42-29-26-23-20-17-14-11-8-5-2/h17,20,26,29-30,44,70H,4-16,18-19,21-25,27-28,31-43,45-69H2,1-3H3/b20-17-,29-26-,44-30-. The van der Waals surface area contributed by atoms with Crippen LogP contribution in [0, 0.1) is 0 Å². The van der Waals surface area contributed by atoms with Crippen LogP contribution in [-0.2, 0) is 28.6 Å². The molecule has 0 rings (SSSR count). The summed E-state index contributed by atoms with van der Waals surface area (Å²) in [5.41, 5.74) is 0. The molecule has 464 valence electrons. The van der Waals surface area contributed by atoms with Gasteiger partial charge in [0.05, 0.1) is 0 Å². The molecule has 0 bridgehead atoms. The van der Waals surface area contributed by atoms with E-state index in [1.54, 1.807) is 0 Å². The van der Waals surface area contributed by atoms with Gasteiger partial charge in [0.1, 0.15) is 13.2 Å². The van der Waals surface area contributed by atoms with Crippen LogP contribution in [0.25, 0.3) is 0 Å². The normalized spacial score (nSPS) is 12.2. The lowest BCUT2D eigenvalue weighted by atomic mass is 10.0. The first kappa shape index (κ1) is 76.6. The predicted octanol–water partition coefficient (Wildman–Crippen LogP) is 24.3. The minimum absolute atomic E-state index is 0.0736. The maximum atomic E-state index is 12.9. The lowest BCUT2D eigenvalue weighted by molar-refractivity contribution is -0.167. The van der Waals surface area contributed by atoms with E-state index < -0.39 is 6.10 Å². The van der Waals surface area contributed by atoms with Crippen LogP contribution in [0.2, 0.25) is 0 Å². The molecule has 0 radical (unpaired) electrons. The van der Waals surface area contributed by atoms with Gasteiger partial charge in [0.25, 0.3) is 0 Å². The summed E-state index contributed by atoms with van der Waals surface area (Å²) >= 11 is 0. The van der Waals surface area contributed by atoms with Gasteiger partial charge in [-0.15, -0.1) is 0 Å². The van der Waals surface area contributed by atoms with Crippen molar-refractivity contribution in [2.24, 2.45) is 0 Å². The van der Waals surface area contributed by atoms with E-state index in [1.165, 1.54) is 276 Å². The van der Waals surface area contributed by atoms with Crippen molar-refractivity contribution in [3.63, 3.8) is 0 Å². The van der Waals surface area contributed by atoms with Crippen LogP contribution in [0.1, 0.15) is 393 Å². The van der Waals surface area contributed by atoms with Gasteiger partial charge in [-0.2, -0.15) is 0 Å². The number of hydrogen-bond acceptors (Lipinski definition) is 6. The number of rotatable bonds is 66. The van der Waals surface area contributed by atoms with Crippen molar-refractivity contribution in [3.05, 3.63) is 36.5 Å². The summed E-state index contributed by atoms with van der Waals surface area (Å²) in [4.78, 5) is 38.4. The van der Waals surface area contributed by atoms with Gasteiger partial charge in [-0.3, -0.25) is 14.4 Å². The molecule has 0 aromatic carbocycles. The maximum Gasteiger partial charge on any atom is 0.306 e. The van der Waals surface area contributed by atoms with Crippen molar-refractivity contribution in [1.29, 1.82) is 0 Å². The quantitative estimate of drug-likeness (QED) is 0.0261. The van der Waals surface area contributed by atoms with Crippen molar-refractivity contribution >= 4 is 17.9 Å². The van der Waals surface area contributed by atoms with E-state index in [0.29, 0.717) is 19.3 Å². The zero-order valence-electron chi connectivity index (χ0n) is 53.4. The van der Waals surface area contributed by atoms with Crippen LogP contribution in [-0.4, -0.2) is 37.2 Å². The Hall–Kier alpha value is -2.37. The molecule has 0 aliphatic carbocycles. The molecule has 0 spiro atoms. The average molecular weight is 1110 g/mol. The molecule has 0 N–H and O–H groups in total. The van der Waals surface area contributed by atoms with E-state index in [2.05, 4.69) is 57.2 Å². The van der Waals surface area contributed by atoms with Crippen LogP contribution < -0.4 is 0 Å². The number of allylic oxidation sites excluding steroid dienone is 6. The molecule has 0 aromatic heterocycles. The Kier molecular flexibility index (Phi) is 66.1. The van der Waals surface area contributed by atoms with Crippen molar-refractivity contribution in [2.45, 2.75) is 399 Å². The predicted molar refractivity (Wildman–Crippen MR) is 344 cm³/mol. The first-order valence-corrected chi connectivity index (χ1v) is 35.5. The third kappa shape index (κ3) is 66.3. The van der Waals surface area contributed by atoms with E-state index >= 15 is 0 Å². The van der Waals surface area contributed by atoms with E-state index in [1.807, 2.05) is 0 Å². The highest BCUT2D eigenvalue weighted by molar-refractivity contribution is 5.71. The average Bonchev–Trinajstić information content (AvgIpc) is 3.45. The SMILES string of the molecule is CCCCC/C=C\C/C=C\CCCCCCCCCC(=O)OC(COC(=O)CCCCCCC/C=C\CCCCCCCCC)COC(=O)CCCCCCCCCCCCCCCCCCCCCCCCCCCCCC. The summed E-state index contributed by atoms with van der Waals surface area (Å²) in [5, 5.41) is 0. The highest BCUT2D eigenvalue weighted by Gasteiger charge is 2.19. The molecule has 6 nitrogen and oxygen atoms in total. The fourth-order valence-electron chi connectivity index (χ4n) is 10.8. The second-order valence-electron chi connectivity index (χ2n) is 24.1. The smallest absolute Gasteiger partial charge is 0.306 e. The summed E-state index contributed by atoms with van der Waals surface area (Å²) in [5.74, 6) is -0.863. The van der Waals surface area contributed by atoms with Gasteiger partial charge >= 0.3 is 17.9 Å². The molecule has 0 saturated heterocycles. The van der Waals surface area contributed by atoms with Gasteiger partial charge in [0, 0.05) is 19.3 Å². The third-order valence-corrected chi connectivity index (χ3v) is 16.1. The molecule has 0 heterocycles. The van der Waals surface area contributed by atoms with Crippen molar-refractivity contribution in [1.82, 2.24) is 0 Å². The fourth-order valence-corrected chi connectivity index (χ4v) is 10.8. The molecule has 1 atom stereocenters. The minimum atomic E-state index is -0.779. The van der Waals surface area contributed by atoms with Crippen molar-refractivity contribution < 1.29 is 28.6 Å². The molecule has 6 heteroatoms. The first-order valence-electron chi connectivity index (χ1n) is 35.5. The Morgan fingerprint density at radius 1 is 0.253 bits per heavy atom. The maximum absolute atomic E-state index is 12.9. The lowest BCUT2D eigenvalue weighted by Gasteiger charge is -2.18. The van der Waals surface area contributed by atoms with Gasteiger partial charge in [0.2, 0.25) is 0 Å². The number of esters is 3. The van der Waals surface area contributed by atoms with Crippen LogP contribution in [0.4, 0.5) is 0 Å². The number of unbranched alkanes of at least 4 members (excludes halogenated alkanes) is 49. The summed E-state index contributed by atoms with van der Waals surface area (Å²) in [7, 11) is 0. The van der Waals surface area contributed by atoms with E-state index in [4.69, 9.17) is 14.2 Å². The molecule has 0 amide bonds. The number of hydrogen-bond donors (Lipinski definition) is 0. The number of carbonyl (C=O) groups is 3. The van der Waals surface area contributed by atoms with E-state index in [0.717, 1.165) is 77.0 Å².